The van der Waals surface area contributed by atoms with E-state index in [0.29, 0.717) is 6.04 Å². The van der Waals surface area contributed by atoms with Gasteiger partial charge in [-0.2, -0.15) is 0 Å². The molecule has 0 radical (unpaired) electrons. The molecule has 1 N–H and O–H groups in total. The Labute approximate surface area is 118 Å². The summed E-state index contributed by atoms with van der Waals surface area (Å²) < 4.78 is 5.64. The summed E-state index contributed by atoms with van der Waals surface area (Å²) in [5.41, 5.74) is 1.25. The molecule has 0 aliphatic rings. The predicted octanol–water partition coefficient (Wildman–Crippen LogP) is 4.39. The molecule has 1 rings (SSSR count). The zero-order valence-electron chi connectivity index (χ0n) is 12.9. The molecule has 2 nitrogen and oxygen atoms in total. The first-order chi connectivity index (χ1) is 9.13. The summed E-state index contributed by atoms with van der Waals surface area (Å²) in [6, 6.07) is 8.85. The molecule has 0 amide bonds. The quantitative estimate of drug-likeness (QED) is 0.713. The molecular weight excluding hydrogens is 234 g/mol. The summed E-state index contributed by atoms with van der Waals surface area (Å²) in [5.74, 6) is 1.82. The van der Waals surface area contributed by atoms with Crippen LogP contribution in [0.1, 0.15) is 52.5 Å². The first-order valence-corrected chi connectivity index (χ1v) is 7.57. The summed E-state index contributed by atoms with van der Waals surface area (Å²) in [6.07, 6.45) is 3.87. The van der Waals surface area contributed by atoms with E-state index < -0.39 is 0 Å². The van der Waals surface area contributed by atoms with Crippen molar-refractivity contribution in [3.8, 4) is 5.75 Å². The monoisotopic (exact) mass is 263 g/mol. The summed E-state index contributed by atoms with van der Waals surface area (Å²) in [6.45, 7) is 10.5. The van der Waals surface area contributed by atoms with E-state index in [-0.39, 0.29) is 0 Å². The molecule has 108 valence electrons. The van der Waals surface area contributed by atoms with Gasteiger partial charge in [-0.15, -0.1) is 0 Å². The molecule has 0 fully saturated rings. The molecule has 0 bridgehead atoms. The lowest BCUT2D eigenvalue weighted by molar-refractivity contribution is 0.334. The van der Waals surface area contributed by atoms with E-state index >= 15 is 0 Å². The normalized spacial score (nSPS) is 12.7. The van der Waals surface area contributed by atoms with E-state index in [2.05, 4.69) is 38.2 Å². The second-order valence-electron chi connectivity index (χ2n) is 5.65. The van der Waals surface area contributed by atoms with E-state index in [1.807, 2.05) is 19.1 Å². The van der Waals surface area contributed by atoms with Crippen LogP contribution in [0.4, 0.5) is 0 Å². The van der Waals surface area contributed by atoms with Gasteiger partial charge in [0.05, 0.1) is 6.61 Å². The van der Waals surface area contributed by atoms with Crippen molar-refractivity contribution < 1.29 is 4.74 Å². The van der Waals surface area contributed by atoms with Crippen molar-refractivity contribution >= 4 is 0 Å². The zero-order chi connectivity index (χ0) is 14.1. The molecule has 0 aliphatic heterocycles. The Bertz CT molecular complexity index is 349. The van der Waals surface area contributed by atoms with Gasteiger partial charge in [0.25, 0.3) is 0 Å². The van der Waals surface area contributed by atoms with Crippen molar-refractivity contribution in [3.05, 3.63) is 29.8 Å². The van der Waals surface area contributed by atoms with Crippen LogP contribution in [0.15, 0.2) is 24.3 Å². The van der Waals surface area contributed by atoms with Crippen LogP contribution in [-0.2, 0) is 6.54 Å². The van der Waals surface area contributed by atoms with Crippen molar-refractivity contribution in [2.24, 2.45) is 5.92 Å². The molecule has 1 atom stereocenters. The first-order valence-electron chi connectivity index (χ1n) is 7.57. The maximum atomic E-state index is 5.64. The van der Waals surface area contributed by atoms with Gasteiger partial charge in [0.2, 0.25) is 0 Å². The number of para-hydroxylation sites is 1. The smallest absolute Gasteiger partial charge is 0.123 e. The molecule has 1 aromatic rings. The lowest BCUT2D eigenvalue weighted by Crippen LogP contribution is -2.25. The molecular formula is C17H29NO. The lowest BCUT2D eigenvalue weighted by Gasteiger charge is -2.16. The van der Waals surface area contributed by atoms with E-state index in [1.165, 1.54) is 24.8 Å². The molecule has 2 heteroatoms. The maximum absolute atomic E-state index is 5.64. The number of hydrogen-bond donors (Lipinski definition) is 1. The molecule has 0 spiro atoms. The Morgan fingerprint density at radius 3 is 2.53 bits per heavy atom. The highest BCUT2D eigenvalue weighted by atomic mass is 16.5. The van der Waals surface area contributed by atoms with Gasteiger partial charge in [-0.25, -0.2) is 0 Å². The second-order valence-corrected chi connectivity index (χ2v) is 5.65. The van der Waals surface area contributed by atoms with Crippen LogP contribution in [0.2, 0.25) is 0 Å². The topological polar surface area (TPSA) is 21.3 Å². The number of rotatable bonds is 9. The van der Waals surface area contributed by atoms with Gasteiger partial charge in [0, 0.05) is 18.2 Å². The van der Waals surface area contributed by atoms with Gasteiger partial charge in [-0.05, 0) is 32.3 Å². The van der Waals surface area contributed by atoms with Crippen LogP contribution in [0.5, 0.6) is 5.75 Å². The minimum atomic E-state index is 0.563. The average Bonchev–Trinajstić information content (AvgIpc) is 2.37. The van der Waals surface area contributed by atoms with Crippen molar-refractivity contribution in [1.82, 2.24) is 5.32 Å². The second kappa shape index (κ2) is 8.98. The molecule has 0 heterocycles. The van der Waals surface area contributed by atoms with Gasteiger partial charge in [0.15, 0.2) is 0 Å². The minimum Gasteiger partial charge on any atom is -0.494 e. The molecule has 0 aliphatic carbocycles. The molecule has 0 aromatic heterocycles. The number of nitrogens with one attached hydrogen (secondary N) is 1. The van der Waals surface area contributed by atoms with Gasteiger partial charge in [0.1, 0.15) is 5.75 Å². The maximum Gasteiger partial charge on any atom is 0.123 e. The fourth-order valence-electron chi connectivity index (χ4n) is 2.16. The third-order valence-electron chi connectivity index (χ3n) is 3.33. The number of hydrogen-bond acceptors (Lipinski definition) is 2. The largest absolute Gasteiger partial charge is 0.494 e. The van der Waals surface area contributed by atoms with Crippen LogP contribution >= 0.6 is 0 Å². The van der Waals surface area contributed by atoms with Crippen LogP contribution in [0, 0.1) is 5.92 Å². The van der Waals surface area contributed by atoms with Crippen LogP contribution in [-0.4, -0.2) is 12.6 Å². The fourth-order valence-corrected chi connectivity index (χ4v) is 2.16. The van der Waals surface area contributed by atoms with Crippen molar-refractivity contribution in [2.45, 2.75) is 59.5 Å². The summed E-state index contributed by atoms with van der Waals surface area (Å²) in [4.78, 5) is 0. The Morgan fingerprint density at radius 2 is 1.84 bits per heavy atom. The third-order valence-corrected chi connectivity index (χ3v) is 3.33. The van der Waals surface area contributed by atoms with E-state index in [4.69, 9.17) is 4.74 Å². The Kier molecular flexibility index (Phi) is 7.57. The van der Waals surface area contributed by atoms with Crippen molar-refractivity contribution in [1.29, 1.82) is 0 Å². The molecule has 1 aromatic carbocycles. The Hall–Kier alpha value is -1.02. The van der Waals surface area contributed by atoms with Gasteiger partial charge in [-0.1, -0.05) is 44.9 Å². The van der Waals surface area contributed by atoms with E-state index in [1.54, 1.807) is 0 Å². The summed E-state index contributed by atoms with van der Waals surface area (Å²) >= 11 is 0. The van der Waals surface area contributed by atoms with Crippen LogP contribution in [0.3, 0.4) is 0 Å². The van der Waals surface area contributed by atoms with Crippen molar-refractivity contribution in [3.63, 3.8) is 0 Å². The lowest BCUT2D eigenvalue weighted by atomic mass is 10.0. The zero-order valence-corrected chi connectivity index (χ0v) is 12.9. The van der Waals surface area contributed by atoms with Gasteiger partial charge < -0.3 is 10.1 Å². The standard InChI is InChI=1S/C17H29NO/c1-5-19-17-12-7-6-11-16(17)13-18-15(4)10-8-9-14(2)3/h6-7,11-12,14-15,18H,5,8-10,13H2,1-4H3. The van der Waals surface area contributed by atoms with Gasteiger partial charge in [-0.3, -0.25) is 0 Å². The van der Waals surface area contributed by atoms with Crippen molar-refractivity contribution in [2.75, 3.05) is 6.61 Å². The van der Waals surface area contributed by atoms with E-state index in [9.17, 15) is 0 Å². The third kappa shape index (κ3) is 6.63. The Morgan fingerprint density at radius 1 is 1.11 bits per heavy atom. The highest BCUT2D eigenvalue weighted by Gasteiger charge is 2.06. The first kappa shape index (κ1) is 16.0. The van der Waals surface area contributed by atoms with Crippen LogP contribution < -0.4 is 10.1 Å². The molecule has 0 saturated carbocycles. The predicted molar refractivity (Wildman–Crippen MR) is 82.6 cm³/mol. The fraction of sp³-hybridized carbons (Fsp3) is 0.647. The van der Waals surface area contributed by atoms with Crippen LogP contribution in [0.25, 0.3) is 0 Å². The number of ether oxygens (including phenoxy) is 1. The highest BCUT2D eigenvalue weighted by molar-refractivity contribution is 5.33. The number of benzene rings is 1. The van der Waals surface area contributed by atoms with Gasteiger partial charge >= 0.3 is 0 Å². The average molecular weight is 263 g/mol. The minimum absolute atomic E-state index is 0.563. The molecule has 0 saturated heterocycles. The summed E-state index contributed by atoms with van der Waals surface area (Å²) in [7, 11) is 0. The van der Waals surface area contributed by atoms with E-state index in [0.717, 1.165) is 24.8 Å². The Balaban J connectivity index is 2.35. The highest BCUT2D eigenvalue weighted by Crippen LogP contribution is 2.18. The SMILES string of the molecule is CCOc1ccccc1CNC(C)CCCC(C)C. The molecule has 19 heavy (non-hydrogen) atoms. The summed E-state index contributed by atoms with van der Waals surface area (Å²) in [5, 5.41) is 3.59. The molecule has 1 unspecified atom stereocenters.